The minimum Gasteiger partial charge on any atom is -0.491 e. The van der Waals surface area contributed by atoms with E-state index in [1.54, 1.807) is 16.4 Å². The summed E-state index contributed by atoms with van der Waals surface area (Å²) in [7, 11) is -3.67. The largest absolute Gasteiger partial charge is 0.491 e. The lowest BCUT2D eigenvalue weighted by molar-refractivity contribution is -0.125. The molecule has 6 nitrogen and oxygen atoms in total. The zero-order valence-corrected chi connectivity index (χ0v) is 21.6. The van der Waals surface area contributed by atoms with Crippen LogP contribution >= 0.6 is 0 Å². The number of fused-ring (bicyclic) bond motifs is 3. The molecule has 3 aliphatic rings. The standard InChI is InChI=1S/C27H36N2O4S/c1-18(2)33-22-11-9-21(10-12-22)28-26(30)24-16-19-6-15-25(24)29(17-19)34(31,32)23-13-7-20(8-14-23)27(3,4)5/h7-14,18-19,24-25H,6,15-17H2,1-5H3,(H,28,30)/t19-,24+,25+/m0/s1. The molecule has 1 N–H and O–H groups in total. The lowest BCUT2D eigenvalue weighted by Crippen LogP contribution is -2.57. The quantitative estimate of drug-likeness (QED) is 0.612. The molecule has 2 bridgehead atoms. The summed E-state index contributed by atoms with van der Waals surface area (Å²) in [5.74, 6) is 0.476. The Morgan fingerprint density at radius 2 is 1.68 bits per heavy atom. The van der Waals surface area contributed by atoms with Gasteiger partial charge < -0.3 is 10.1 Å². The minimum absolute atomic E-state index is 0.0468. The molecule has 2 saturated heterocycles. The molecule has 0 aromatic heterocycles. The van der Waals surface area contributed by atoms with Crippen molar-refractivity contribution in [3.63, 3.8) is 0 Å². The zero-order chi connectivity index (χ0) is 24.7. The van der Waals surface area contributed by atoms with Gasteiger partial charge in [0.1, 0.15) is 5.75 Å². The molecule has 1 aliphatic carbocycles. The first kappa shape index (κ1) is 24.7. The summed E-state index contributed by atoms with van der Waals surface area (Å²) in [5.41, 5.74) is 1.73. The molecule has 2 aromatic carbocycles. The number of nitrogens with one attached hydrogen (secondary N) is 1. The van der Waals surface area contributed by atoms with Gasteiger partial charge in [-0.1, -0.05) is 32.9 Å². The lowest BCUT2D eigenvalue weighted by Gasteiger charge is -2.48. The molecule has 34 heavy (non-hydrogen) atoms. The smallest absolute Gasteiger partial charge is 0.243 e. The number of anilines is 1. The van der Waals surface area contributed by atoms with Crippen molar-refractivity contribution in [2.24, 2.45) is 11.8 Å². The van der Waals surface area contributed by atoms with Crippen LogP contribution in [-0.2, 0) is 20.2 Å². The van der Waals surface area contributed by atoms with E-state index in [-0.39, 0.29) is 35.3 Å². The third kappa shape index (κ3) is 5.15. The second-order valence-corrected chi connectivity index (χ2v) is 12.8. The fraction of sp³-hybridized carbons (Fsp3) is 0.519. The third-order valence-electron chi connectivity index (χ3n) is 6.89. The summed E-state index contributed by atoms with van der Waals surface area (Å²) in [6, 6.07) is 14.2. The predicted octanol–water partition coefficient (Wildman–Crippen LogP) is 5.20. The fourth-order valence-electron chi connectivity index (χ4n) is 5.09. The fourth-order valence-corrected chi connectivity index (χ4v) is 6.85. The maximum atomic E-state index is 13.6. The monoisotopic (exact) mass is 484 g/mol. The van der Waals surface area contributed by atoms with Gasteiger partial charge in [-0.05, 0) is 86.4 Å². The summed E-state index contributed by atoms with van der Waals surface area (Å²) in [4.78, 5) is 13.5. The van der Waals surface area contributed by atoms with Gasteiger partial charge in [-0.15, -0.1) is 0 Å². The highest BCUT2D eigenvalue weighted by atomic mass is 32.2. The molecule has 184 valence electrons. The van der Waals surface area contributed by atoms with E-state index in [1.165, 1.54) is 0 Å². The molecule has 2 heterocycles. The number of carbonyl (C=O) groups excluding carboxylic acids is 1. The van der Waals surface area contributed by atoms with E-state index in [4.69, 9.17) is 4.74 Å². The number of rotatable bonds is 6. The van der Waals surface area contributed by atoms with Crippen LogP contribution in [0.25, 0.3) is 0 Å². The summed E-state index contributed by atoms with van der Waals surface area (Å²) < 4.78 is 34.4. The van der Waals surface area contributed by atoms with E-state index in [0.717, 1.165) is 24.2 Å². The number of sulfonamides is 1. The van der Waals surface area contributed by atoms with Gasteiger partial charge in [0.15, 0.2) is 0 Å². The van der Waals surface area contributed by atoms with Gasteiger partial charge in [0, 0.05) is 18.3 Å². The summed E-state index contributed by atoms with van der Waals surface area (Å²) in [5, 5.41) is 3.00. The van der Waals surface area contributed by atoms with Crippen LogP contribution in [0.15, 0.2) is 53.4 Å². The first-order valence-electron chi connectivity index (χ1n) is 12.1. The average Bonchev–Trinajstić information content (AvgIpc) is 2.79. The molecule has 3 atom stereocenters. The van der Waals surface area contributed by atoms with Crippen molar-refractivity contribution in [1.82, 2.24) is 4.31 Å². The van der Waals surface area contributed by atoms with E-state index < -0.39 is 10.0 Å². The van der Waals surface area contributed by atoms with Gasteiger partial charge >= 0.3 is 0 Å². The Kier molecular flexibility index (Phi) is 6.80. The van der Waals surface area contributed by atoms with Crippen LogP contribution in [0.5, 0.6) is 5.75 Å². The van der Waals surface area contributed by atoms with Crippen LogP contribution in [0.3, 0.4) is 0 Å². The zero-order valence-electron chi connectivity index (χ0n) is 20.7. The van der Waals surface area contributed by atoms with Crippen molar-refractivity contribution in [2.45, 2.75) is 76.3 Å². The average molecular weight is 485 g/mol. The van der Waals surface area contributed by atoms with Gasteiger partial charge in [0.05, 0.1) is 16.9 Å². The number of carbonyl (C=O) groups is 1. The van der Waals surface area contributed by atoms with E-state index >= 15 is 0 Å². The number of nitrogens with zero attached hydrogens (tertiary/aromatic N) is 1. The molecular weight excluding hydrogens is 448 g/mol. The van der Waals surface area contributed by atoms with Crippen LogP contribution < -0.4 is 10.1 Å². The van der Waals surface area contributed by atoms with Crippen molar-refractivity contribution in [2.75, 3.05) is 11.9 Å². The summed E-state index contributed by atoms with van der Waals surface area (Å²) in [6.45, 7) is 10.7. The number of piperidine rings is 2. The molecule has 0 radical (unpaired) electrons. The molecule has 1 amide bonds. The predicted molar refractivity (Wildman–Crippen MR) is 134 cm³/mol. The highest BCUT2D eigenvalue weighted by Gasteiger charge is 2.48. The van der Waals surface area contributed by atoms with Crippen molar-refractivity contribution < 1.29 is 17.9 Å². The number of hydrogen-bond acceptors (Lipinski definition) is 4. The van der Waals surface area contributed by atoms with Crippen LogP contribution in [-0.4, -0.2) is 37.3 Å². The molecule has 1 saturated carbocycles. The highest BCUT2D eigenvalue weighted by Crippen LogP contribution is 2.42. The van der Waals surface area contributed by atoms with Gasteiger partial charge in [-0.25, -0.2) is 8.42 Å². The number of amides is 1. The second-order valence-electron chi connectivity index (χ2n) is 10.9. The highest BCUT2D eigenvalue weighted by molar-refractivity contribution is 7.89. The molecular formula is C27H36N2O4S. The van der Waals surface area contributed by atoms with Crippen molar-refractivity contribution in [3.05, 3.63) is 54.1 Å². The molecule has 0 spiro atoms. The maximum Gasteiger partial charge on any atom is 0.243 e. The number of benzene rings is 2. The van der Waals surface area contributed by atoms with Gasteiger partial charge in [-0.3, -0.25) is 4.79 Å². The first-order chi connectivity index (χ1) is 15.9. The Labute approximate surface area is 203 Å². The van der Waals surface area contributed by atoms with Crippen molar-refractivity contribution in [1.29, 1.82) is 0 Å². The number of hydrogen-bond donors (Lipinski definition) is 1. The van der Waals surface area contributed by atoms with Gasteiger partial charge in [-0.2, -0.15) is 4.31 Å². The SMILES string of the molecule is CC(C)Oc1ccc(NC(=O)[C@@H]2C[C@@H]3CC[C@H]2N(S(=O)(=O)c2ccc(C(C)(C)C)cc2)C3)cc1. The molecule has 2 aliphatic heterocycles. The third-order valence-corrected chi connectivity index (χ3v) is 8.79. The minimum atomic E-state index is -3.67. The molecule has 2 aromatic rings. The van der Waals surface area contributed by atoms with Crippen LogP contribution in [0.4, 0.5) is 5.69 Å². The topological polar surface area (TPSA) is 75.7 Å². The Morgan fingerprint density at radius 3 is 2.24 bits per heavy atom. The maximum absolute atomic E-state index is 13.6. The normalized spacial score (nSPS) is 23.2. The molecule has 3 fully saturated rings. The van der Waals surface area contributed by atoms with Crippen LogP contribution in [0, 0.1) is 11.8 Å². The Bertz CT molecular complexity index is 1120. The van der Waals surface area contributed by atoms with Gasteiger partial charge in [0.25, 0.3) is 0 Å². The first-order valence-corrected chi connectivity index (χ1v) is 13.6. The molecule has 7 heteroatoms. The Hall–Kier alpha value is -2.38. The van der Waals surface area contributed by atoms with Crippen LogP contribution in [0.1, 0.15) is 59.4 Å². The number of ether oxygens (including phenoxy) is 1. The lowest BCUT2D eigenvalue weighted by atomic mass is 9.73. The Morgan fingerprint density at radius 1 is 1.03 bits per heavy atom. The van der Waals surface area contributed by atoms with Crippen molar-refractivity contribution >= 4 is 21.6 Å². The Balaban J connectivity index is 1.50. The van der Waals surface area contributed by atoms with E-state index in [1.807, 2.05) is 50.2 Å². The molecule has 5 rings (SSSR count). The summed E-state index contributed by atoms with van der Waals surface area (Å²) >= 11 is 0. The van der Waals surface area contributed by atoms with Crippen molar-refractivity contribution in [3.8, 4) is 5.75 Å². The van der Waals surface area contributed by atoms with Gasteiger partial charge in [0.2, 0.25) is 15.9 Å². The second kappa shape index (κ2) is 9.34. The van der Waals surface area contributed by atoms with E-state index in [9.17, 15) is 13.2 Å². The van der Waals surface area contributed by atoms with E-state index in [2.05, 4.69) is 26.1 Å². The molecule has 0 unspecified atom stereocenters. The summed E-state index contributed by atoms with van der Waals surface area (Å²) in [6.07, 6.45) is 2.48. The van der Waals surface area contributed by atoms with Crippen LogP contribution in [0.2, 0.25) is 0 Å². The van der Waals surface area contributed by atoms with E-state index in [0.29, 0.717) is 23.5 Å².